The third-order valence-corrected chi connectivity index (χ3v) is 22.1. The number of carbonyl (C=O) groups is 3. The lowest BCUT2D eigenvalue weighted by molar-refractivity contribution is -0.180. The van der Waals surface area contributed by atoms with Gasteiger partial charge in [-0.1, -0.05) is 93.0 Å². The number of ether oxygens (including phenoxy) is 2. The van der Waals surface area contributed by atoms with Gasteiger partial charge in [-0.2, -0.15) is 0 Å². The zero-order valence-electron chi connectivity index (χ0n) is 48.5. The van der Waals surface area contributed by atoms with Crippen molar-refractivity contribution in [2.75, 3.05) is 26.7 Å². The normalized spacial score (nSPS) is 38.5. The first-order valence-electron chi connectivity index (χ1n) is 31.1. The van der Waals surface area contributed by atoms with Gasteiger partial charge in [-0.05, 0) is 196 Å². The molecule has 11 aliphatic rings. The van der Waals surface area contributed by atoms with Crippen LogP contribution in [0.15, 0.2) is 124 Å². The molecule has 6 aliphatic heterocycles. The van der Waals surface area contributed by atoms with Gasteiger partial charge in [-0.15, -0.1) is 0 Å². The Morgan fingerprint density at radius 3 is 2.66 bits per heavy atom. The van der Waals surface area contributed by atoms with E-state index in [2.05, 4.69) is 76.9 Å². The predicted molar refractivity (Wildman–Crippen MR) is 315 cm³/mol. The van der Waals surface area contributed by atoms with Crippen molar-refractivity contribution < 1.29 is 39.2 Å². The van der Waals surface area contributed by atoms with Crippen LogP contribution in [0.3, 0.4) is 0 Å². The zero-order valence-corrected chi connectivity index (χ0v) is 48.5. The third-order valence-electron chi connectivity index (χ3n) is 22.1. The monoisotopic (exact) mass is 1110 g/mol. The van der Waals surface area contributed by atoms with Crippen LogP contribution in [0.25, 0.3) is 0 Å². The molecular formula is C68H86N6O8. The van der Waals surface area contributed by atoms with Crippen LogP contribution >= 0.6 is 0 Å². The number of nitrogens with one attached hydrogen (secondary N) is 5. The largest absolute Gasteiger partial charge is 0.508 e. The van der Waals surface area contributed by atoms with E-state index < -0.39 is 58.1 Å². The summed E-state index contributed by atoms with van der Waals surface area (Å²) < 4.78 is 14.3. The van der Waals surface area contributed by atoms with Crippen molar-refractivity contribution >= 4 is 17.5 Å². The Labute approximate surface area is 483 Å². The number of hydrogen-bond donors (Lipinski definition) is 9. The van der Waals surface area contributed by atoms with Gasteiger partial charge < -0.3 is 57.1 Å². The molecule has 10 N–H and O–H groups in total. The van der Waals surface area contributed by atoms with Crippen molar-refractivity contribution in [1.82, 2.24) is 26.6 Å². The average molecular weight is 1120 g/mol. The fraction of sp³-hybridized carbons (Fsp3) is 0.574. The number of aliphatic hydroxyl groups is 2. The quantitative estimate of drug-likeness (QED) is 0.0471. The number of allylic oxidation sites excluding steroid dienone is 8. The van der Waals surface area contributed by atoms with Crippen LogP contribution in [-0.4, -0.2) is 101 Å². The molecule has 14 nitrogen and oxygen atoms in total. The number of rotatable bonds is 10. The minimum atomic E-state index is -2.31. The fourth-order valence-corrected chi connectivity index (χ4v) is 18.1. The number of phenols is 1. The van der Waals surface area contributed by atoms with Crippen molar-refractivity contribution in [3.8, 4) is 5.75 Å². The lowest BCUT2D eigenvalue weighted by atomic mass is 9.50. The molecule has 15 atom stereocenters. The number of carbonyl (C=O) groups excluding carboxylic acids is 3. The second kappa shape index (κ2) is 21.5. The van der Waals surface area contributed by atoms with E-state index >= 15 is 14.4 Å². The van der Waals surface area contributed by atoms with Crippen LogP contribution in [0.5, 0.6) is 5.75 Å². The second-order valence-corrected chi connectivity index (χ2v) is 27.0. The van der Waals surface area contributed by atoms with Gasteiger partial charge in [-0.25, -0.2) is 4.79 Å². The van der Waals surface area contributed by atoms with E-state index in [1.807, 2.05) is 44.4 Å². The van der Waals surface area contributed by atoms with Crippen LogP contribution in [0.2, 0.25) is 0 Å². The number of epoxide rings is 1. The SMILES string of the molecule is CCNC12C=C3C=CCC4CCCCC5(C)CC6=CNC(N)C(=C6)C(c6cccc(O)c6)CC6CC(O)CC(C6C1)C(OC(=O)C16OC1(CC(CO)=C(C)CCC1=CCNC7=C1CCC(NC)N7)C(=O)c1cccc(c1C6=O)C5)C2CC34. The van der Waals surface area contributed by atoms with Crippen molar-refractivity contribution in [2.45, 2.75) is 177 Å². The molecule has 0 aromatic heterocycles. The molecule has 5 aliphatic carbocycles. The number of dihydropyridines is 2. The minimum Gasteiger partial charge on any atom is -0.508 e. The van der Waals surface area contributed by atoms with E-state index in [-0.39, 0.29) is 71.6 Å². The highest BCUT2D eigenvalue weighted by atomic mass is 16.7. The van der Waals surface area contributed by atoms with E-state index in [0.29, 0.717) is 75.1 Å². The number of nitrogens with two attached hydrogens (primary N) is 1. The van der Waals surface area contributed by atoms with Gasteiger partial charge >= 0.3 is 5.97 Å². The number of aromatic hydroxyl groups is 1. The highest BCUT2D eigenvalue weighted by molar-refractivity contribution is 6.33. The number of Topliss-reactive ketones (excluding diaryl/α,β-unsaturated/α-hetero) is 2. The molecule has 2 aromatic rings. The first kappa shape index (κ1) is 55.6. The summed E-state index contributed by atoms with van der Waals surface area (Å²) in [5.41, 5.74) is 11.3. The van der Waals surface area contributed by atoms with Crippen molar-refractivity contribution in [3.63, 3.8) is 0 Å². The maximum absolute atomic E-state index is 16.5. The fourth-order valence-electron chi connectivity index (χ4n) is 18.1. The zero-order chi connectivity index (χ0) is 56.9. The van der Waals surface area contributed by atoms with E-state index in [9.17, 15) is 15.3 Å². The van der Waals surface area contributed by atoms with Crippen LogP contribution < -0.4 is 32.3 Å². The van der Waals surface area contributed by atoms with Crippen LogP contribution in [0, 0.1) is 40.9 Å². The summed E-state index contributed by atoms with van der Waals surface area (Å²) in [4.78, 5) is 48.8. The molecule has 436 valence electrons. The summed E-state index contributed by atoms with van der Waals surface area (Å²) in [5.74, 6) is -0.935. The number of ketones is 2. The van der Waals surface area contributed by atoms with E-state index in [4.69, 9.17) is 15.2 Å². The van der Waals surface area contributed by atoms with Gasteiger partial charge in [0.05, 0.1) is 25.0 Å². The summed E-state index contributed by atoms with van der Waals surface area (Å²) in [6, 6.07) is 13.1. The number of phenolic OH excluding ortho intramolecular Hbond substituents is 1. The van der Waals surface area contributed by atoms with Crippen molar-refractivity contribution in [3.05, 3.63) is 146 Å². The number of hydrogen-bond acceptors (Lipinski definition) is 14. The van der Waals surface area contributed by atoms with Gasteiger partial charge in [-0.3, -0.25) is 9.59 Å². The second-order valence-electron chi connectivity index (χ2n) is 27.0. The minimum absolute atomic E-state index is 0.0678. The Balaban J connectivity index is 0.978. The van der Waals surface area contributed by atoms with Crippen LogP contribution in [-0.2, 0) is 20.7 Å². The number of benzene rings is 2. The summed E-state index contributed by atoms with van der Waals surface area (Å²) >= 11 is 0. The lowest BCUT2D eigenvalue weighted by Crippen LogP contribution is -2.66. The maximum atomic E-state index is 16.5. The molecule has 2 saturated carbocycles. The molecule has 0 amide bonds. The molecule has 6 heterocycles. The van der Waals surface area contributed by atoms with Gasteiger partial charge in [0.25, 0.3) is 5.60 Å². The van der Waals surface area contributed by atoms with Crippen LogP contribution in [0.4, 0.5) is 0 Å². The van der Waals surface area contributed by atoms with E-state index in [1.54, 1.807) is 12.1 Å². The summed E-state index contributed by atoms with van der Waals surface area (Å²) in [7, 11) is 1.96. The number of aliphatic hydroxyl groups excluding tert-OH is 2. The molecule has 3 fully saturated rings. The first-order chi connectivity index (χ1) is 39.6. The standard InChI is InChI=1S/C68H86N6O8/c1-5-73-66-33-43-14-8-12-40-11-6-7-23-65(3)31-39-25-54(62(69)72-36-39)52(42-13-9-16-47(76)26-42)28-45-27-48(77)29-53(55(45)35-66)59(56(66)30-51(40)43)81-64(80)68-61(79)58-44(32-65)15-10-17-50(58)60(78)67(68,82-68)34-46(37-75)38(2)18-19-41-22-24-71-63-49(41)20-21-57(70-4)74-63/h8-10,13-17,22,25-26,33,36,40,45,48,51-53,55-57,59,62,70-77H,5-7,11-12,18-21,23-24,27-32,34-35,37,69H2,1-4H3. The maximum Gasteiger partial charge on any atom is 0.350 e. The molecule has 14 heteroatoms. The van der Waals surface area contributed by atoms with E-state index in [0.717, 1.165) is 85.9 Å². The van der Waals surface area contributed by atoms with Gasteiger partial charge in [0, 0.05) is 53.6 Å². The van der Waals surface area contributed by atoms with Gasteiger partial charge in [0.2, 0.25) is 5.78 Å². The van der Waals surface area contributed by atoms with Gasteiger partial charge in [0.1, 0.15) is 17.7 Å². The lowest BCUT2D eigenvalue weighted by Gasteiger charge is -2.60. The molecule has 13 rings (SSSR count). The third kappa shape index (κ3) is 9.32. The molecule has 1 spiro atoms. The molecule has 11 bridgehead atoms. The average Bonchev–Trinajstić information content (AvgIpc) is 1.88. The first-order valence-corrected chi connectivity index (χ1v) is 31.1. The van der Waals surface area contributed by atoms with Crippen LogP contribution in [0.1, 0.15) is 161 Å². The smallest absolute Gasteiger partial charge is 0.350 e. The summed E-state index contributed by atoms with van der Waals surface area (Å²) in [5, 5.41) is 53.0. The molecular weight excluding hydrogens is 1030 g/mol. The Bertz CT molecular complexity index is 3170. The topological polar surface area (TPSA) is 220 Å². The predicted octanol–water partition coefficient (Wildman–Crippen LogP) is 8.63. The Kier molecular flexibility index (Phi) is 14.6. The number of fused-ring (bicyclic) bond motifs is 3. The Morgan fingerprint density at radius 1 is 0.988 bits per heavy atom. The van der Waals surface area contributed by atoms with Gasteiger partial charge in [0.15, 0.2) is 11.4 Å². The summed E-state index contributed by atoms with van der Waals surface area (Å²) in [6.07, 6.45) is 23.9. The van der Waals surface area contributed by atoms with Crippen molar-refractivity contribution in [2.24, 2.45) is 46.7 Å². The highest BCUT2D eigenvalue weighted by Crippen LogP contribution is 2.63. The Morgan fingerprint density at radius 2 is 1.84 bits per heavy atom. The van der Waals surface area contributed by atoms with Crippen molar-refractivity contribution in [1.29, 1.82) is 0 Å². The molecule has 0 radical (unpaired) electrons. The summed E-state index contributed by atoms with van der Waals surface area (Å²) in [6.45, 7) is 7.40. The molecule has 2 aromatic carbocycles. The molecule has 1 saturated heterocycles. The molecule has 15 unspecified atom stereocenters. The number of esters is 1. The highest BCUT2D eigenvalue weighted by Gasteiger charge is 2.86. The number of likely N-dealkylation sites (N-methyl/N-ethyl adjacent to an activating group) is 1. The molecule has 82 heavy (non-hydrogen) atoms. The van der Waals surface area contributed by atoms with E-state index in [1.165, 1.54) is 16.7 Å². The Hall–Kier alpha value is -5.61.